The molecule has 30 heteroatoms. The number of anilines is 2. The summed E-state index contributed by atoms with van der Waals surface area (Å²) in [5.41, 5.74) is 0.121. The molecule has 0 aliphatic carbocycles. The molecule has 3 amide bonds. The number of hydrogen-bond acceptors (Lipinski definition) is 24. The van der Waals surface area contributed by atoms with E-state index < -0.39 is 135 Å². The van der Waals surface area contributed by atoms with Gasteiger partial charge in [-0.25, -0.2) is 0 Å². The monoisotopic (exact) mass is 1210 g/mol. The normalized spacial score (nSPS) is 29.0. The number of thiocarbonyl (C=S) groups is 2. The number of aliphatic hydroxyl groups excluding tert-OH is 9. The lowest BCUT2D eigenvalue weighted by Gasteiger charge is -2.40. The average Bonchev–Trinajstić information content (AvgIpc) is 3.66. The zero-order valence-corrected chi connectivity index (χ0v) is 48.4. The lowest BCUT2D eigenvalue weighted by atomic mass is 9.85. The Kier molecular flexibility index (Phi) is 31.8. The van der Waals surface area contributed by atoms with Gasteiger partial charge in [0.15, 0.2) is 29.8 Å². The smallest absolute Gasteiger partial charge is 0.222 e. The number of amides is 3. The third kappa shape index (κ3) is 23.6. The van der Waals surface area contributed by atoms with Crippen LogP contribution in [0.4, 0.5) is 11.4 Å². The first kappa shape index (κ1) is 70.6. The molecular formula is C52H86N6O22S2. The van der Waals surface area contributed by atoms with Crippen molar-refractivity contribution in [1.82, 2.24) is 21.3 Å². The molecule has 0 saturated carbocycles. The molecule has 15 N–H and O–H groups in total. The van der Waals surface area contributed by atoms with Gasteiger partial charge in [0.1, 0.15) is 36.6 Å². The fourth-order valence-corrected chi connectivity index (χ4v) is 9.22. The van der Waals surface area contributed by atoms with E-state index in [4.69, 9.17) is 67.1 Å². The predicted octanol–water partition coefficient (Wildman–Crippen LogP) is -3.48. The van der Waals surface area contributed by atoms with Crippen molar-refractivity contribution >= 4 is 69.4 Å². The van der Waals surface area contributed by atoms with E-state index in [2.05, 4.69) is 31.9 Å². The number of carbonyl (C=O) groups excluding carboxylic acids is 4. The number of ether oxygens (including phenoxy) is 9. The van der Waals surface area contributed by atoms with Gasteiger partial charge in [0.25, 0.3) is 0 Å². The molecule has 15 atom stereocenters. The number of hydrogen-bond donors (Lipinski definition) is 15. The quantitative estimate of drug-likeness (QED) is 0.0229. The minimum absolute atomic E-state index is 0.0283. The number of rotatable bonds is 36. The summed E-state index contributed by atoms with van der Waals surface area (Å²) >= 11 is 10.6. The molecule has 3 aliphatic rings. The number of Topliss-reactive ketones (excluding diaryl/α,β-unsaturated/α-hetero) is 1. The van der Waals surface area contributed by atoms with Crippen molar-refractivity contribution < 1.29 is 108 Å². The number of ketones is 1. The Morgan fingerprint density at radius 2 is 0.841 bits per heavy atom. The number of benzene rings is 1. The summed E-state index contributed by atoms with van der Waals surface area (Å²) in [6.45, 7) is 3.72. The van der Waals surface area contributed by atoms with Crippen molar-refractivity contribution in [2.24, 2.45) is 23.2 Å². The van der Waals surface area contributed by atoms with Crippen molar-refractivity contribution in [2.45, 2.75) is 127 Å². The zero-order valence-electron chi connectivity index (χ0n) is 46.8. The second-order valence-corrected chi connectivity index (χ2v) is 21.6. The van der Waals surface area contributed by atoms with Crippen LogP contribution in [0.5, 0.6) is 0 Å². The SMILES string of the molecule is CC(=S)Nc1ccc(NC(=S)NCC(=O)CC(COCCC(=O)NCCO[C@H]2OC(CO)[C@@H](O)[C@@H](O)C2C)(COCCC(=O)NCCO[C@H]2OC(CO)[C@@H](O)[C@@H](O)C2C)COCCC(=O)NCCO[C@H]2OC(CO)[C@@H](O)[C@@H](O)C2C)cc1. The molecule has 3 heterocycles. The number of aliphatic hydroxyl groups is 9. The molecule has 1 aromatic carbocycles. The summed E-state index contributed by atoms with van der Waals surface area (Å²) in [4.78, 5) is 53.3. The maximum atomic E-state index is 13.9. The van der Waals surface area contributed by atoms with Crippen LogP contribution in [0.3, 0.4) is 0 Å². The lowest BCUT2D eigenvalue weighted by molar-refractivity contribution is -0.281. The molecule has 28 nitrogen and oxygen atoms in total. The Balaban J connectivity index is 1.38. The van der Waals surface area contributed by atoms with Crippen LogP contribution in [-0.4, -0.2) is 259 Å². The average molecular weight is 1210 g/mol. The van der Waals surface area contributed by atoms with Gasteiger partial charge in [-0.1, -0.05) is 33.0 Å². The summed E-state index contributed by atoms with van der Waals surface area (Å²) in [5, 5.41) is 107. The van der Waals surface area contributed by atoms with Crippen LogP contribution in [0.25, 0.3) is 0 Å². The van der Waals surface area contributed by atoms with Gasteiger partial charge in [0, 0.05) is 79.9 Å². The predicted molar refractivity (Wildman–Crippen MR) is 299 cm³/mol. The largest absolute Gasteiger partial charge is 0.394 e. The molecule has 468 valence electrons. The molecular weight excluding hydrogens is 1120 g/mol. The Morgan fingerprint density at radius 3 is 1.16 bits per heavy atom. The van der Waals surface area contributed by atoms with E-state index in [9.17, 15) is 65.1 Å². The summed E-state index contributed by atoms with van der Waals surface area (Å²) < 4.78 is 51.9. The highest BCUT2D eigenvalue weighted by Gasteiger charge is 2.45. The van der Waals surface area contributed by atoms with Crippen LogP contribution in [0, 0.1) is 23.2 Å². The Labute approximate surface area is 487 Å². The maximum Gasteiger partial charge on any atom is 0.222 e. The Hall–Kier alpha value is -3.84. The highest BCUT2D eigenvalue weighted by atomic mass is 32.1. The highest BCUT2D eigenvalue weighted by molar-refractivity contribution is 7.80. The molecule has 0 spiro atoms. The van der Waals surface area contributed by atoms with Gasteiger partial charge in [0.05, 0.1) is 109 Å². The first-order valence-corrected chi connectivity index (χ1v) is 28.1. The molecule has 0 bridgehead atoms. The molecule has 6 unspecified atom stereocenters. The minimum atomic E-state index is -1.30. The van der Waals surface area contributed by atoms with Crippen molar-refractivity contribution in [2.75, 3.05) is 116 Å². The van der Waals surface area contributed by atoms with Crippen LogP contribution in [-0.2, 0) is 61.8 Å². The van der Waals surface area contributed by atoms with Crippen LogP contribution >= 0.6 is 24.4 Å². The second-order valence-electron chi connectivity index (χ2n) is 20.5. The third-order valence-electron chi connectivity index (χ3n) is 13.8. The minimum Gasteiger partial charge on any atom is -0.394 e. The highest BCUT2D eigenvalue weighted by Crippen LogP contribution is 2.30. The van der Waals surface area contributed by atoms with Gasteiger partial charge in [0.2, 0.25) is 17.7 Å². The van der Waals surface area contributed by atoms with Gasteiger partial charge < -0.3 is 120 Å². The van der Waals surface area contributed by atoms with Crippen LogP contribution in [0.15, 0.2) is 24.3 Å². The molecule has 1 aromatic rings. The molecule has 4 rings (SSSR count). The summed E-state index contributed by atoms with van der Waals surface area (Å²) in [5.74, 6) is -3.52. The molecule has 3 aliphatic heterocycles. The lowest BCUT2D eigenvalue weighted by Crippen LogP contribution is -2.55. The molecule has 0 aromatic heterocycles. The van der Waals surface area contributed by atoms with Crippen LogP contribution in [0.1, 0.15) is 53.4 Å². The third-order valence-corrected chi connectivity index (χ3v) is 14.2. The van der Waals surface area contributed by atoms with Gasteiger partial charge in [-0.3, -0.25) is 19.2 Å². The van der Waals surface area contributed by atoms with Gasteiger partial charge in [-0.2, -0.15) is 0 Å². The van der Waals surface area contributed by atoms with E-state index >= 15 is 0 Å². The van der Waals surface area contributed by atoms with E-state index in [1.165, 1.54) is 0 Å². The fourth-order valence-electron chi connectivity index (χ4n) is 8.91. The first-order valence-electron chi connectivity index (χ1n) is 27.3. The fraction of sp³-hybridized carbons (Fsp3) is 0.769. The molecule has 3 fully saturated rings. The summed E-state index contributed by atoms with van der Waals surface area (Å²) in [6.07, 6.45) is -14.2. The topological polar surface area (TPSA) is 406 Å². The Bertz CT molecular complexity index is 1950. The van der Waals surface area contributed by atoms with E-state index in [0.717, 1.165) is 5.69 Å². The van der Waals surface area contributed by atoms with Gasteiger partial charge >= 0.3 is 0 Å². The van der Waals surface area contributed by atoms with Gasteiger partial charge in [-0.15, -0.1) is 0 Å². The number of nitrogens with one attached hydrogen (secondary N) is 6. The van der Waals surface area contributed by atoms with Gasteiger partial charge in [-0.05, 0) is 43.4 Å². The van der Waals surface area contributed by atoms with Crippen LogP contribution < -0.4 is 31.9 Å². The molecule has 0 radical (unpaired) electrons. The van der Waals surface area contributed by atoms with Crippen molar-refractivity contribution in [1.29, 1.82) is 0 Å². The molecule has 82 heavy (non-hydrogen) atoms. The first-order chi connectivity index (χ1) is 39.1. The van der Waals surface area contributed by atoms with Crippen molar-refractivity contribution in [3.8, 4) is 0 Å². The molecule has 3 saturated heterocycles. The van der Waals surface area contributed by atoms with Crippen molar-refractivity contribution in [3.05, 3.63) is 24.3 Å². The van der Waals surface area contributed by atoms with E-state index in [0.29, 0.717) is 10.7 Å². The van der Waals surface area contributed by atoms with Crippen molar-refractivity contribution in [3.63, 3.8) is 0 Å². The zero-order chi connectivity index (χ0) is 60.4. The summed E-state index contributed by atoms with van der Waals surface area (Å²) in [7, 11) is 0. The second kappa shape index (κ2) is 36.9. The number of carbonyl (C=O) groups is 4. The summed E-state index contributed by atoms with van der Waals surface area (Å²) in [6, 6.07) is 7.12. The maximum absolute atomic E-state index is 13.9. The standard InChI is InChI=1S/C52H86N6O22S2/c1-29-42(66)45(69)36(23-59)78-48(29)75-18-12-53-39(63)9-15-72-26-52(21-35(62)22-56-51(82)58-34-7-5-33(6-8-34)57-32(4)81,27-73-16-10-40(64)54-13-19-76-49-30(2)43(67)46(70)37(24-60)79-49)28-74-17-11-41(65)55-14-20-77-50-31(3)44(68)47(71)38(25-61)80-50/h5-8,29-31,36-38,42-50,59-61,66-71H,9-28H2,1-4H3,(H,53,63)(H,54,64)(H,55,65)(H,57,81)(H2,56,58,82)/t29?,30?,31?,36?,37?,38?,42-,43-,44-,45+,46+,47+,48-,49-,50-,52?/m0/s1. The van der Waals surface area contributed by atoms with Crippen LogP contribution in [0.2, 0.25) is 0 Å². The van der Waals surface area contributed by atoms with E-state index in [1.54, 1.807) is 52.0 Å². The van der Waals surface area contributed by atoms with E-state index in [1.807, 2.05) is 0 Å². The van der Waals surface area contributed by atoms with E-state index in [-0.39, 0.29) is 122 Å². The Morgan fingerprint density at radius 1 is 0.512 bits per heavy atom.